The third kappa shape index (κ3) is 4.41. The molecule has 0 saturated heterocycles. The molecule has 0 fully saturated rings. The van der Waals surface area contributed by atoms with E-state index in [9.17, 15) is 9.59 Å². The number of ether oxygens (including phenoxy) is 1. The van der Waals surface area contributed by atoms with E-state index >= 15 is 0 Å². The van der Waals surface area contributed by atoms with Gasteiger partial charge in [0.15, 0.2) is 5.69 Å². The molecule has 8 heteroatoms. The van der Waals surface area contributed by atoms with E-state index < -0.39 is 0 Å². The van der Waals surface area contributed by atoms with Crippen LogP contribution in [0.2, 0.25) is 0 Å². The SMILES string of the molecule is CCOC(=O)c1nn(C(C)C)c2c1CN(c1ccc(CC(=O)N(C)C)cn1)CC2. The zero-order chi connectivity index (χ0) is 21.1. The summed E-state index contributed by atoms with van der Waals surface area (Å²) in [6, 6.07) is 4.04. The van der Waals surface area contributed by atoms with Crippen LogP contribution >= 0.6 is 0 Å². The molecule has 0 radical (unpaired) electrons. The molecule has 1 aliphatic rings. The van der Waals surface area contributed by atoms with Crippen molar-refractivity contribution in [3.05, 3.63) is 40.8 Å². The van der Waals surface area contributed by atoms with E-state index in [4.69, 9.17) is 4.74 Å². The van der Waals surface area contributed by atoms with Crippen molar-refractivity contribution in [3.63, 3.8) is 0 Å². The van der Waals surface area contributed by atoms with Gasteiger partial charge >= 0.3 is 5.97 Å². The molecule has 29 heavy (non-hydrogen) atoms. The summed E-state index contributed by atoms with van der Waals surface area (Å²) >= 11 is 0. The number of likely N-dealkylation sites (N-methyl/N-ethyl adjacent to an activating group) is 1. The number of carbonyl (C=O) groups excluding carboxylic acids is 2. The number of aromatic nitrogens is 3. The van der Waals surface area contributed by atoms with E-state index in [0.717, 1.165) is 35.6 Å². The maximum atomic E-state index is 12.4. The van der Waals surface area contributed by atoms with E-state index in [1.165, 1.54) is 0 Å². The molecule has 0 spiro atoms. The lowest BCUT2D eigenvalue weighted by Crippen LogP contribution is -2.32. The number of hydrogen-bond acceptors (Lipinski definition) is 6. The molecule has 156 valence electrons. The van der Waals surface area contributed by atoms with Crippen molar-refractivity contribution >= 4 is 17.7 Å². The zero-order valence-electron chi connectivity index (χ0n) is 17.8. The number of esters is 1. The van der Waals surface area contributed by atoms with E-state index in [-0.39, 0.29) is 17.9 Å². The summed E-state index contributed by atoms with van der Waals surface area (Å²) < 4.78 is 7.15. The maximum absolute atomic E-state index is 12.4. The first kappa shape index (κ1) is 20.8. The maximum Gasteiger partial charge on any atom is 0.359 e. The van der Waals surface area contributed by atoms with E-state index in [2.05, 4.69) is 28.8 Å². The normalized spacial score (nSPS) is 13.4. The molecule has 2 aromatic heterocycles. The lowest BCUT2D eigenvalue weighted by Gasteiger charge is -2.29. The van der Waals surface area contributed by atoms with Crippen LogP contribution < -0.4 is 4.90 Å². The van der Waals surface area contributed by atoms with Crippen LogP contribution in [0.3, 0.4) is 0 Å². The van der Waals surface area contributed by atoms with Crippen molar-refractivity contribution in [1.29, 1.82) is 0 Å². The number of amides is 1. The molecular formula is C21H29N5O3. The number of carbonyl (C=O) groups is 2. The molecular weight excluding hydrogens is 370 g/mol. The van der Waals surface area contributed by atoms with Crippen LogP contribution in [-0.4, -0.2) is 58.8 Å². The first-order valence-corrected chi connectivity index (χ1v) is 9.99. The smallest absolute Gasteiger partial charge is 0.359 e. The summed E-state index contributed by atoms with van der Waals surface area (Å²) in [5.74, 6) is 0.488. The Bertz CT molecular complexity index is 886. The number of nitrogens with zero attached hydrogens (tertiary/aromatic N) is 5. The Kier molecular flexibility index (Phi) is 6.20. The zero-order valence-corrected chi connectivity index (χ0v) is 17.8. The van der Waals surface area contributed by atoms with Gasteiger partial charge in [-0.3, -0.25) is 9.48 Å². The van der Waals surface area contributed by atoms with Crippen molar-refractivity contribution in [2.75, 3.05) is 32.1 Å². The molecule has 0 bridgehead atoms. The Morgan fingerprint density at radius 3 is 2.62 bits per heavy atom. The van der Waals surface area contributed by atoms with Crippen LogP contribution in [0.25, 0.3) is 0 Å². The summed E-state index contributed by atoms with van der Waals surface area (Å²) in [5.41, 5.74) is 3.28. The van der Waals surface area contributed by atoms with Crippen molar-refractivity contribution in [2.24, 2.45) is 0 Å². The Morgan fingerprint density at radius 2 is 2.03 bits per heavy atom. The highest BCUT2D eigenvalue weighted by atomic mass is 16.5. The summed E-state index contributed by atoms with van der Waals surface area (Å²) in [7, 11) is 3.49. The Balaban J connectivity index is 1.83. The molecule has 0 atom stereocenters. The Labute approximate surface area is 171 Å². The molecule has 0 unspecified atom stereocenters. The molecule has 3 rings (SSSR count). The third-order valence-electron chi connectivity index (χ3n) is 5.03. The Morgan fingerprint density at radius 1 is 1.28 bits per heavy atom. The standard InChI is InChI=1S/C21H29N5O3/c1-6-29-21(28)20-16-13-25(10-9-17(16)26(23-20)14(2)3)18-8-7-15(12-22-18)11-19(27)24(4)5/h7-8,12,14H,6,9-11,13H2,1-5H3. The highest BCUT2D eigenvalue weighted by Gasteiger charge is 2.30. The second-order valence-corrected chi connectivity index (χ2v) is 7.69. The van der Waals surface area contributed by atoms with Crippen molar-refractivity contribution in [1.82, 2.24) is 19.7 Å². The minimum atomic E-state index is -0.379. The van der Waals surface area contributed by atoms with Gasteiger partial charge in [-0.15, -0.1) is 0 Å². The third-order valence-corrected chi connectivity index (χ3v) is 5.03. The molecule has 2 aromatic rings. The quantitative estimate of drug-likeness (QED) is 0.693. The molecule has 0 N–H and O–H groups in total. The predicted octanol–water partition coefficient (Wildman–Crippen LogP) is 2.23. The largest absolute Gasteiger partial charge is 0.461 e. The van der Waals surface area contributed by atoms with Crippen LogP contribution in [0.1, 0.15) is 54.1 Å². The molecule has 1 amide bonds. The minimum Gasteiger partial charge on any atom is -0.461 e. The first-order valence-electron chi connectivity index (χ1n) is 9.99. The van der Waals surface area contributed by atoms with Crippen LogP contribution in [0, 0.1) is 0 Å². The number of pyridine rings is 1. The number of rotatable bonds is 6. The highest BCUT2D eigenvalue weighted by Crippen LogP contribution is 2.28. The number of anilines is 1. The van der Waals surface area contributed by atoms with Gasteiger partial charge in [0.2, 0.25) is 5.91 Å². The average Bonchev–Trinajstić information content (AvgIpc) is 3.08. The summed E-state index contributed by atoms with van der Waals surface area (Å²) in [4.78, 5) is 32.6. The minimum absolute atomic E-state index is 0.0438. The molecule has 0 aliphatic carbocycles. The van der Waals surface area contributed by atoms with E-state index in [1.54, 1.807) is 32.1 Å². The van der Waals surface area contributed by atoms with E-state index in [1.807, 2.05) is 16.8 Å². The van der Waals surface area contributed by atoms with Gasteiger partial charge in [0.05, 0.1) is 13.0 Å². The van der Waals surface area contributed by atoms with Crippen molar-refractivity contribution in [3.8, 4) is 0 Å². The topological polar surface area (TPSA) is 80.6 Å². The van der Waals surface area contributed by atoms with Crippen LogP contribution in [0.5, 0.6) is 0 Å². The van der Waals surface area contributed by atoms with Crippen LogP contribution in [0.15, 0.2) is 18.3 Å². The lowest BCUT2D eigenvalue weighted by molar-refractivity contribution is -0.127. The first-order chi connectivity index (χ1) is 13.8. The molecule has 8 nitrogen and oxygen atoms in total. The van der Waals surface area contributed by atoms with Crippen LogP contribution in [-0.2, 0) is 28.9 Å². The van der Waals surface area contributed by atoms with Gasteiger partial charge in [0.1, 0.15) is 5.82 Å². The van der Waals surface area contributed by atoms with Gasteiger partial charge in [0, 0.05) is 57.1 Å². The lowest BCUT2D eigenvalue weighted by atomic mass is 10.0. The monoisotopic (exact) mass is 399 g/mol. The van der Waals surface area contributed by atoms with Crippen molar-refractivity contribution < 1.29 is 14.3 Å². The molecule has 0 saturated carbocycles. The molecule has 1 aliphatic heterocycles. The number of hydrogen-bond donors (Lipinski definition) is 0. The fraction of sp³-hybridized carbons (Fsp3) is 0.524. The predicted molar refractivity (Wildman–Crippen MR) is 110 cm³/mol. The van der Waals surface area contributed by atoms with Gasteiger partial charge in [-0.1, -0.05) is 6.07 Å². The van der Waals surface area contributed by atoms with Gasteiger partial charge in [-0.25, -0.2) is 9.78 Å². The fourth-order valence-electron chi connectivity index (χ4n) is 3.47. The summed E-state index contributed by atoms with van der Waals surface area (Å²) in [6.07, 6.45) is 2.86. The second kappa shape index (κ2) is 8.63. The fourth-order valence-corrected chi connectivity index (χ4v) is 3.47. The molecule has 0 aromatic carbocycles. The van der Waals surface area contributed by atoms with E-state index in [0.29, 0.717) is 25.3 Å². The van der Waals surface area contributed by atoms with Gasteiger partial charge in [-0.2, -0.15) is 5.10 Å². The van der Waals surface area contributed by atoms with Crippen molar-refractivity contribution in [2.45, 2.75) is 46.2 Å². The van der Waals surface area contributed by atoms with Gasteiger partial charge < -0.3 is 14.5 Å². The van der Waals surface area contributed by atoms with Gasteiger partial charge in [-0.05, 0) is 32.4 Å². The Hall–Kier alpha value is -2.90. The second-order valence-electron chi connectivity index (χ2n) is 7.69. The van der Waals surface area contributed by atoms with Crippen LogP contribution in [0.4, 0.5) is 5.82 Å². The number of fused-ring (bicyclic) bond motifs is 1. The summed E-state index contributed by atoms with van der Waals surface area (Å²) in [6.45, 7) is 7.58. The molecule has 3 heterocycles. The average molecular weight is 399 g/mol. The van der Waals surface area contributed by atoms with Gasteiger partial charge in [0.25, 0.3) is 0 Å². The highest BCUT2D eigenvalue weighted by molar-refractivity contribution is 5.89. The summed E-state index contributed by atoms with van der Waals surface area (Å²) in [5, 5.41) is 4.55.